The lowest BCUT2D eigenvalue weighted by atomic mass is 10.2. The van der Waals surface area contributed by atoms with Crippen LogP contribution in [-0.4, -0.2) is 11.1 Å². The van der Waals surface area contributed by atoms with E-state index in [1.165, 1.54) is 6.08 Å². The maximum Gasteiger partial charge on any atom is 0.240 e. The lowest BCUT2D eigenvalue weighted by Gasteiger charge is -1.95. The van der Waals surface area contributed by atoms with E-state index in [2.05, 4.69) is 9.98 Å². The highest BCUT2D eigenvalue weighted by molar-refractivity contribution is 5.79. The van der Waals surface area contributed by atoms with Gasteiger partial charge in [0.15, 0.2) is 5.58 Å². The van der Waals surface area contributed by atoms with E-state index in [0.29, 0.717) is 28.4 Å². The SMILES string of the molecule is Nc1ccc2oc(-c3cccc(N=C=O)c3)nc2c1. The summed E-state index contributed by atoms with van der Waals surface area (Å²) in [5.41, 5.74) is 8.93. The summed E-state index contributed by atoms with van der Waals surface area (Å²) in [4.78, 5) is 18.2. The van der Waals surface area contributed by atoms with Crippen molar-refractivity contribution in [2.24, 2.45) is 4.99 Å². The van der Waals surface area contributed by atoms with E-state index in [9.17, 15) is 4.79 Å². The lowest BCUT2D eigenvalue weighted by Crippen LogP contribution is -1.82. The number of isocyanates is 1. The van der Waals surface area contributed by atoms with E-state index < -0.39 is 0 Å². The van der Waals surface area contributed by atoms with Crippen LogP contribution in [0.2, 0.25) is 0 Å². The summed E-state index contributed by atoms with van der Waals surface area (Å²) in [6.45, 7) is 0. The molecule has 0 radical (unpaired) electrons. The van der Waals surface area contributed by atoms with Gasteiger partial charge in [-0.25, -0.2) is 9.78 Å². The van der Waals surface area contributed by atoms with Gasteiger partial charge in [-0.05, 0) is 36.4 Å². The van der Waals surface area contributed by atoms with Crippen LogP contribution in [-0.2, 0) is 4.79 Å². The molecule has 1 heterocycles. The van der Waals surface area contributed by atoms with Crippen LogP contribution in [0.25, 0.3) is 22.6 Å². The monoisotopic (exact) mass is 251 g/mol. The molecule has 3 aromatic rings. The molecule has 0 aliphatic carbocycles. The lowest BCUT2D eigenvalue weighted by molar-refractivity contribution is 0.565. The molecule has 0 saturated heterocycles. The summed E-state index contributed by atoms with van der Waals surface area (Å²) >= 11 is 0. The predicted molar refractivity (Wildman–Crippen MR) is 71.6 cm³/mol. The van der Waals surface area contributed by atoms with Crippen LogP contribution in [0.3, 0.4) is 0 Å². The van der Waals surface area contributed by atoms with Gasteiger partial charge in [-0.3, -0.25) is 0 Å². The molecule has 5 heteroatoms. The number of oxazole rings is 1. The Morgan fingerprint density at radius 2 is 2.11 bits per heavy atom. The van der Waals surface area contributed by atoms with Crippen LogP contribution in [0.15, 0.2) is 51.9 Å². The van der Waals surface area contributed by atoms with Crippen molar-refractivity contribution in [2.45, 2.75) is 0 Å². The average Bonchev–Trinajstić information content (AvgIpc) is 2.82. The molecule has 0 amide bonds. The number of aliphatic imine (C=N–C) groups is 1. The number of benzene rings is 2. The second kappa shape index (κ2) is 4.40. The maximum absolute atomic E-state index is 10.3. The summed E-state index contributed by atoms with van der Waals surface area (Å²) < 4.78 is 5.64. The molecule has 0 unspecified atom stereocenters. The minimum atomic E-state index is 0.462. The van der Waals surface area contributed by atoms with Gasteiger partial charge in [0.25, 0.3) is 0 Å². The van der Waals surface area contributed by atoms with E-state index in [1.54, 1.807) is 36.4 Å². The Labute approximate surface area is 108 Å². The smallest absolute Gasteiger partial charge is 0.240 e. The summed E-state index contributed by atoms with van der Waals surface area (Å²) in [5, 5.41) is 0. The number of hydrogen-bond donors (Lipinski definition) is 1. The van der Waals surface area contributed by atoms with E-state index >= 15 is 0 Å². The van der Waals surface area contributed by atoms with E-state index in [1.807, 2.05) is 6.07 Å². The minimum Gasteiger partial charge on any atom is -0.436 e. The molecule has 0 bridgehead atoms. The van der Waals surface area contributed by atoms with E-state index in [4.69, 9.17) is 10.2 Å². The van der Waals surface area contributed by atoms with Crippen LogP contribution in [0.1, 0.15) is 0 Å². The van der Waals surface area contributed by atoms with Crippen molar-refractivity contribution in [1.82, 2.24) is 4.98 Å². The van der Waals surface area contributed by atoms with Crippen LogP contribution >= 0.6 is 0 Å². The van der Waals surface area contributed by atoms with Gasteiger partial charge in [0, 0.05) is 11.3 Å². The third kappa shape index (κ3) is 2.10. The van der Waals surface area contributed by atoms with Crippen LogP contribution in [0, 0.1) is 0 Å². The van der Waals surface area contributed by atoms with Crippen molar-refractivity contribution in [2.75, 3.05) is 5.73 Å². The molecule has 19 heavy (non-hydrogen) atoms. The number of aromatic nitrogens is 1. The Hall–Kier alpha value is -2.91. The average molecular weight is 251 g/mol. The Morgan fingerprint density at radius 3 is 2.95 bits per heavy atom. The highest BCUT2D eigenvalue weighted by atomic mass is 16.3. The molecule has 0 atom stereocenters. The molecule has 92 valence electrons. The minimum absolute atomic E-state index is 0.462. The second-order valence-electron chi connectivity index (χ2n) is 4.00. The highest BCUT2D eigenvalue weighted by Gasteiger charge is 2.08. The van der Waals surface area contributed by atoms with Crippen molar-refractivity contribution < 1.29 is 9.21 Å². The number of carbonyl (C=O) groups excluding carboxylic acids is 1. The molecule has 0 spiro atoms. The van der Waals surface area contributed by atoms with Crippen LogP contribution in [0.4, 0.5) is 11.4 Å². The van der Waals surface area contributed by atoms with Gasteiger partial charge in [-0.2, -0.15) is 4.99 Å². The van der Waals surface area contributed by atoms with E-state index in [-0.39, 0.29) is 0 Å². The van der Waals surface area contributed by atoms with Crippen LogP contribution < -0.4 is 5.73 Å². The Balaban J connectivity index is 2.13. The molecule has 0 aliphatic heterocycles. The topological polar surface area (TPSA) is 81.5 Å². The van der Waals surface area contributed by atoms with Crippen molar-refractivity contribution in [3.63, 3.8) is 0 Å². The zero-order valence-electron chi connectivity index (χ0n) is 9.83. The van der Waals surface area contributed by atoms with Gasteiger partial charge in [-0.15, -0.1) is 0 Å². The van der Waals surface area contributed by atoms with Crippen LogP contribution in [0.5, 0.6) is 0 Å². The predicted octanol–water partition coefficient (Wildman–Crippen LogP) is 3.04. The summed E-state index contributed by atoms with van der Waals surface area (Å²) in [6.07, 6.45) is 1.50. The first kappa shape index (κ1) is 11.2. The number of fused-ring (bicyclic) bond motifs is 1. The molecule has 2 aromatic carbocycles. The largest absolute Gasteiger partial charge is 0.436 e. The van der Waals surface area contributed by atoms with Gasteiger partial charge < -0.3 is 10.2 Å². The first-order valence-electron chi connectivity index (χ1n) is 5.60. The molecule has 0 fully saturated rings. The highest BCUT2D eigenvalue weighted by Crippen LogP contribution is 2.27. The molecule has 1 aromatic heterocycles. The van der Waals surface area contributed by atoms with Gasteiger partial charge in [0.2, 0.25) is 12.0 Å². The number of nitrogens with two attached hydrogens (primary N) is 1. The van der Waals surface area contributed by atoms with Crippen molar-refractivity contribution in [3.05, 3.63) is 42.5 Å². The number of nitrogens with zero attached hydrogens (tertiary/aromatic N) is 2. The zero-order valence-corrected chi connectivity index (χ0v) is 9.83. The second-order valence-corrected chi connectivity index (χ2v) is 4.00. The molecule has 2 N–H and O–H groups in total. The number of rotatable bonds is 2. The number of nitrogen functional groups attached to an aromatic ring is 1. The fourth-order valence-corrected chi connectivity index (χ4v) is 1.83. The first-order valence-corrected chi connectivity index (χ1v) is 5.60. The molecule has 3 rings (SSSR count). The normalized spacial score (nSPS) is 10.3. The van der Waals surface area contributed by atoms with Gasteiger partial charge in [0.1, 0.15) is 5.52 Å². The van der Waals surface area contributed by atoms with Gasteiger partial charge in [0.05, 0.1) is 5.69 Å². The zero-order chi connectivity index (χ0) is 13.2. The third-order valence-corrected chi connectivity index (χ3v) is 2.68. The summed E-state index contributed by atoms with van der Waals surface area (Å²) in [7, 11) is 0. The Kier molecular flexibility index (Phi) is 2.59. The molecule has 0 saturated carbocycles. The fraction of sp³-hybridized carbons (Fsp3) is 0. The fourth-order valence-electron chi connectivity index (χ4n) is 1.83. The summed E-state index contributed by atoms with van der Waals surface area (Å²) in [5.74, 6) is 0.462. The first-order chi connectivity index (χ1) is 9.26. The Bertz CT molecular complexity index is 801. The van der Waals surface area contributed by atoms with Crippen molar-refractivity contribution in [1.29, 1.82) is 0 Å². The van der Waals surface area contributed by atoms with Crippen molar-refractivity contribution in [3.8, 4) is 11.5 Å². The standard InChI is InChI=1S/C14H9N3O2/c15-10-4-5-13-12(7-10)17-14(19-13)9-2-1-3-11(6-9)16-8-18/h1-7H,15H2. The quantitative estimate of drug-likeness (QED) is 0.431. The maximum atomic E-state index is 10.3. The number of anilines is 1. The third-order valence-electron chi connectivity index (χ3n) is 2.68. The Morgan fingerprint density at radius 1 is 1.21 bits per heavy atom. The molecule has 5 nitrogen and oxygen atoms in total. The van der Waals surface area contributed by atoms with Gasteiger partial charge >= 0.3 is 0 Å². The van der Waals surface area contributed by atoms with Gasteiger partial charge in [-0.1, -0.05) is 6.07 Å². The molecular formula is C14H9N3O2. The summed E-state index contributed by atoms with van der Waals surface area (Å²) in [6, 6.07) is 12.3. The van der Waals surface area contributed by atoms with Crippen molar-refractivity contribution >= 4 is 28.6 Å². The molecular weight excluding hydrogens is 242 g/mol. The molecule has 0 aliphatic rings. The van der Waals surface area contributed by atoms with E-state index in [0.717, 1.165) is 5.56 Å². The number of hydrogen-bond acceptors (Lipinski definition) is 5.